The van der Waals surface area contributed by atoms with E-state index >= 15 is 0 Å². The van der Waals surface area contributed by atoms with Crippen LogP contribution in [0.15, 0.2) is 0 Å². The topological polar surface area (TPSA) is 55.1 Å². The van der Waals surface area contributed by atoms with Gasteiger partial charge in [-0.25, -0.2) is 0 Å². The maximum atomic E-state index is 11.9. The number of nitrogens with one attached hydrogen (secondary N) is 1. The molecule has 0 radical (unpaired) electrons. The number of nitrogens with two attached hydrogens (primary N) is 1. The third kappa shape index (κ3) is 2.33. The van der Waals surface area contributed by atoms with Crippen molar-refractivity contribution >= 4 is 5.91 Å². The first kappa shape index (κ1) is 10.9. The highest BCUT2D eigenvalue weighted by molar-refractivity contribution is 5.85. The summed E-state index contributed by atoms with van der Waals surface area (Å²) in [5.74, 6) is 1.05. The Morgan fingerprint density at radius 2 is 1.93 bits per heavy atom. The molecule has 3 N–H and O–H groups in total. The molecule has 2 aliphatic rings. The lowest BCUT2D eigenvalue weighted by molar-refractivity contribution is -0.127. The van der Waals surface area contributed by atoms with Gasteiger partial charge >= 0.3 is 0 Å². The van der Waals surface area contributed by atoms with Crippen molar-refractivity contribution in [3.8, 4) is 0 Å². The monoisotopic (exact) mass is 210 g/mol. The van der Waals surface area contributed by atoms with Crippen molar-refractivity contribution < 1.29 is 4.79 Å². The summed E-state index contributed by atoms with van der Waals surface area (Å²) < 4.78 is 0. The molecule has 2 saturated carbocycles. The first-order chi connectivity index (χ1) is 7.16. The average molecular weight is 210 g/mol. The van der Waals surface area contributed by atoms with E-state index in [0.717, 1.165) is 31.6 Å². The Morgan fingerprint density at radius 1 is 1.33 bits per heavy atom. The minimum absolute atomic E-state index is 0.178. The first-order valence-electron chi connectivity index (χ1n) is 6.17. The Labute approximate surface area is 91.8 Å². The molecule has 3 heteroatoms. The van der Waals surface area contributed by atoms with Crippen molar-refractivity contribution in [1.82, 2.24) is 5.32 Å². The van der Waals surface area contributed by atoms with Gasteiger partial charge in [-0.1, -0.05) is 6.92 Å². The zero-order valence-corrected chi connectivity index (χ0v) is 9.59. The molecule has 2 rings (SSSR count). The van der Waals surface area contributed by atoms with Crippen molar-refractivity contribution in [3.63, 3.8) is 0 Å². The van der Waals surface area contributed by atoms with E-state index in [2.05, 4.69) is 12.2 Å². The van der Waals surface area contributed by atoms with Crippen LogP contribution in [0.2, 0.25) is 0 Å². The van der Waals surface area contributed by atoms with Crippen molar-refractivity contribution in [2.75, 3.05) is 6.54 Å². The molecule has 0 aliphatic heterocycles. The maximum absolute atomic E-state index is 11.9. The van der Waals surface area contributed by atoms with E-state index in [1.165, 1.54) is 12.8 Å². The minimum Gasteiger partial charge on any atom is -0.353 e. The van der Waals surface area contributed by atoms with E-state index in [1.807, 2.05) is 0 Å². The van der Waals surface area contributed by atoms with Crippen LogP contribution < -0.4 is 11.1 Å². The number of hydrogen-bond donors (Lipinski definition) is 2. The molecule has 0 unspecified atom stereocenters. The summed E-state index contributed by atoms with van der Waals surface area (Å²) in [6.45, 7) is 2.81. The number of carbonyl (C=O) groups excluding carboxylic acids is 1. The smallest absolute Gasteiger partial charge is 0.227 e. The first-order valence-corrected chi connectivity index (χ1v) is 6.17. The van der Waals surface area contributed by atoms with Gasteiger partial charge in [0.15, 0.2) is 0 Å². The number of carbonyl (C=O) groups is 1. The third-order valence-corrected chi connectivity index (χ3v) is 4.08. The second-order valence-electron chi connectivity index (χ2n) is 5.41. The Balaban J connectivity index is 1.79. The highest BCUT2D eigenvalue weighted by Crippen LogP contribution is 2.44. The molecule has 0 atom stereocenters. The van der Waals surface area contributed by atoms with Gasteiger partial charge in [0.25, 0.3) is 0 Å². The summed E-state index contributed by atoms with van der Waals surface area (Å²) in [7, 11) is 0. The summed E-state index contributed by atoms with van der Waals surface area (Å²) in [5, 5.41) is 3.17. The average Bonchev–Trinajstić information content (AvgIpc) is 3.02. The molecule has 0 aromatic rings. The van der Waals surface area contributed by atoms with Crippen LogP contribution in [0.4, 0.5) is 0 Å². The van der Waals surface area contributed by atoms with Gasteiger partial charge in [-0.3, -0.25) is 4.79 Å². The summed E-state index contributed by atoms with van der Waals surface area (Å²) in [5.41, 5.74) is 5.46. The van der Waals surface area contributed by atoms with E-state index in [1.54, 1.807) is 0 Å². The van der Waals surface area contributed by atoms with Gasteiger partial charge in [0.1, 0.15) is 0 Å². The van der Waals surface area contributed by atoms with Crippen molar-refractivity contribution in [2.24, 2.45) is 17.1 Å². The van der Waals surface area contributed by atoms with Gasteiger partial charge < -0.3 is 11.1 Å². The molecule has 0 aromatic heterocycles. The van der Waals surface area contributed by atoms with E-state index in [9.17, 15) is 4.79 Å². The number of rotatable bonds is 3. The second-order valence-corrected chi connectivity index (χ2v) is 5.41. The van der Waals surface area contributed by atoms with Crippen LogP contribution in [0.3, 0.4) is 0 Å². The molecule has 0 spiro atoms. The maximum Gasteiger partial charge on any atom is 0.227 e. The predicted octanol–water partition coefficient (Wildman–Crippen LogP) is 1.42. The van der Waals surface area contributed by atoms with Crippen LogP contribution in [-0.4, -0.2) is 18.5 Å². The third-order valence-electron chi connectivity index (χ3n) is 4.08. The molecule has 1 amide bonds. The van der Waals surface area contributed by atoms with Gasteiger partial charge in [-0.15, -0.1) is 0 Å². The molecule has 0 saturated heterocycles. The Kier molecular flexibility index (Phi) is 3.01. The lowest BCUT2D eigenvalue weighted by atomic mass is 9.87. The predicted molar refractivity (Wildman–Crippen MR) is 60.3 cm³/mol. The zero-order chi connectivity index (χ0) is 10.9. The Hall–Kier alpha value is -0.570. The van der Waals surface area contributed by atoms with E-state index < -0.39 is 0 Å². The van der Waals surface area contributed by atoms with Crippen molar-refractivity contribution in [3.05, 3.63) is 0 Å². The fourth-order valence-corrected chi connectivity index (χ4v) is 2.42. The summed E-state index contributed by atoms with van der Waals surface area (Å²) in [6.07, 6.45) is 6.76. The van der Waals surface area contributed by atoms with Crippen LogP contribution in [0.1, 0.15) is 45.4 Å². The molecular weight excluding hydrogens is 188 g/mol. The standard InChI is InChI=1S/C12H22N2O/c1-9-2-4-10(5-3-9)14-11(15)12(8-13)6-7-12/h9-10H,2-8,13H2,1H3,(H,14,15). The molecule has 2 fully saturated rings. The number of hydrogen-bond acceptors (Lipinski definition) is 2. The Bertz CT molecular complexity index is 240. The van der Waals surface area contributed by atoms with Gasteiger partial charge in [0, 0.05) is 12.6 Å². The molecular formula is C12H22N2O. The zero-order valence-electron chi connectivity index (χ0n) is 9.59. The molecule has 0 bridgehead atoms. The molecule has 0 heterocycles. The molecule has 86 valence electrons. The summed E-state index contributed by atoms with van der Waals surface area (Å²) in [6, 6.07) is 0.415. The van der Waals surface area contributed by atoms with Crippen LogP contribution in [0.25, 0.3) is 0 Å². The highest BCUT2D eigenvalue weighted by atomic mass is 16.2. The van der Waals surface area contributed by atoms with Gasteiger partial charge in [-0.05, 0) is 44.4 Å². The highest BCUT2D eigenvalue weighted by Gasteiger charge is 2.48. The summed E-state index contributed by atoms with van der Waals surface area (Å²) >= 11 is 0. The molecule has 15 heavy (non-hydrogen) atoms. The van der Waals surface area contributed by atoms with Gasteiger partial charge in [0.2, 0.25) is 5.91 Å². The Morgan fingerprint density at radius 3 is 2.40 bits per heavy atom. The minimum atomic E-state index is -0.178. The number of amides is 1. The van der Waals surface area contributed by atoms with Crippen molar-refractivity contribution in [2.45, 2.75) is 51.5 Å². The fourth-order valence-electron chi connectivity index (χ4n) is 2.42. The van der Waals surface area contributed by atoms with Crippen LogP contribution in [-0.2, 0) is 4.79 Å². The second kappa shape index (κ2) is 4.12. The van der Waals surface area contributed by atoms with E-state index in [-0.39, 0.29) is 11.3 Å². The SMILES string of the molecule is CC1CCC(NC(=O)C2(CN)CC2)CC1. The normalized spacial score (nSPS) is 33.5. The van der Waals surface area contributed by atoms with Crippen molar-refractivity contribution in [1.29, 1.82) is 0 Å². The van der Waals surface area contributed by atoms with E-state index in [0.29, 0.717) is 12.6 Å². The summed E-state index contributed by atoms with van der Waals surface area (Å²) in [4.78, 5) is 11.9. The fraction of sp³-hybridized carbons (Fsp3) is 0.917. The van der Waals surface area contributed by atoms with Crippen LogP contribution in [0, 0.1) is 11.3 Å². The lowest BCUT2D eigenvalue weighted by Gasteiger charge is -2.28. The lowest BCUT2D eigenvalue weighted by Crippen LogP contribution is -2.43. The quantitative estimate of drug-likeness (QED) is 0.740. The van der Waals surface area contributed by atoms with Crippen LogP contribution in [0.5, 0.6) is 0 Å². The van der Waals surface area contributed by atoms with Crippen LogP contribution >= 0.6 is 0 Å². The van der Waals surface area contributed by atoms with Gasteiger partial charge in [0.05, 0.1) is 5.41 Å². The van der Waals surface area contributed by atoms with E-state index in [4.69, 9.17) is 5.73 Å². The molecule has 3 nitrogen and oxygen atoms in total. The molecule has 2 aliphatic carbocycles. The molecule has 0 aromatic carbocycles. The largest absolute Gasteiger partial charge is 0.353 e. The van der Waals surface area contributed by atoms with Gasteiger partial charge in [-0.2, -0.15) is 0 Å².